The zero-order valence-corrected chi connectivity index (χ0v) is 13.6. The lowest BCUT2D eigenvalue weighted by Crippen LogP contribution is -2.24. The number of hydrogen-bond acceptors (Lipinski definition) is 6. The molecule has 0 unspecified atom stereocenters. The fourth-order valence-corrected chi connectivity index (χ4v) is 3.24. The zero-order valence-electron chi connectivity index (χ0n) is 12.8. The number of hydrogen-bond donors (Lipinski definition) is 2. The van der Waals surface area contributed by atoms with E-state index in [9.17, 15) is 4.79 Å². The number of pyridine rings is 1. The van der Waals surface area contributed by atoms with Gasteiger partial charge < -0.3 is 5.32 Å². The molecule has 2 heterocycles. The molecule has 0 spiro atoms. The summed E-state index contributed by atoms with van der Waals surface area (Å²) < 4.78 is 0. The van der Waals surface area contributed by atoms with Crippen molar-refractivity contribution in [2.24, 2.45) is 0 Å². The van der Waals surface area contributed by atoms with Crippen LogP contribution in [-0.2, 0) is 6.42 Å². The molecule has 4 rings (SSSR count). The van der Waals surface area contributed by atoms with Crippen molar-refractivity contribution in [3.8, 4) is 0 Å². The van der Waals surface area contributed by atoms with Crippen LogP contribution in [0.4, 0.5) is 10.9 Å². The maximum Gasteiger partial charge on any atom is 0.259 e. The van der Waals surface area contributed by atoms with Gasteiger partial charge in [-0.2, -0.15) is 0 Å². The Morgan fingerprint density at radius 2 is 2.17 bits per heavy atom. The van der Waals surface area contributed by atoms with Gasteiger partial charge in [0.25, 0.3) is 5.91 Å². The van der Waals surface area contributed by atoms with Gasteiger partial charge in [-0.05, 0) is 29.7 Å². The maximum atomic E-state index is 12.0. The van der Waals surface area contributed by atoms with Crippen molar-refractivity contribution >= 4 is 28.2 Å². The summed E-state index contributed by atoms with van der Waals surface area (Å²) >= 11 is 1.28. The molecule has 2 N–H and O–H groups in total. The van der Waals surface area contributed by atoms with E-state index >= 15 is 0 Å². The fraction of sp³-hybridized carbons (Fsp3) is 0.176. The van der Waals surface area contributed by atoms with Gasteiger partial charge in [0.1, 0.15) is 11.3 Å². The Hall–Kier alpha value is -2.80. The number of fused-ring (bicyclic) bond motifs is 1. The van der Waals surface area contributed by atoms with E-state index in [4.69, 9.17) is 0 Å². The van der Waals surface area contributed by atoms with Crippen molar-refractivity contribution < 1.29 is 4.79 Å². The van der Waals surface area contributed by atoms with Crippen LogP contribution in [0.3, 0.4) is 0 Å². The van der Waals surface area contributed by atoms with Crippen molar-refractivity contribution in [1.29, 1.82) is 0 Å². The van der Waals surface area contributed by atoms with E-state index in [-0.39, 0.29) is 5.91 Å². The van der Waals surface area contributed by atoms with Crippen molar-refractivity contribution in [3.63, 3.8) is 0 Å². The third-order valence-corrected chi connectivity index (χ3v) is 4.70. The fourth-order valence-electron chi connectivity index (χ4n) is 2.80. The van der Waals surface area contributed by atoms with Crippen LogP contribution in [0, 0.1) is 0 Å². The Morgan fingerprint density at radius 3 is 2.92 bits per heavy atom. The van der Waals surface area contributed by atoms with E-state index < -0.39 is 0 Å². The molecular weight excluding hydrogens is 322 g/mol. The smallest absolute Gasteiger partial charge is 0.259 e. The molecule has 0 saturated heterocycles. The number of nitrogens with zero attached hydrogens (tertiary/aromatic N) is 3. The highest BCUT2D eigenvalue weighted by atomic mass is 32.1. The molecule has 120 valence electrons. The minimum atomic E-state index is -0.237. The molecule has 0 radical (unpaired) electrons. The van der Waals surface area contributed by atoms with Crippen molar-refractivity contribution in [3.05, 3.63) is 64.8 Å². The first-order valence-electron chi connectivity index (χ1n) is 7.65. The number of carbonyl (C=O) groups is 1. The first-order valence-corrected chi connectivity index (χ1v) is 8.53. The molecule has 6 nitrogen and oxygen atoms in total. The molecule has 1 aromatic carbocycles. The standard InChI is InChI=1S/C17H15N5OS/c23-16(21-17-22-20-10-24-17)12-5-6-15(18-8-12)19-9-13-7-11-3-1-2-4-14(11)13/h1-6,8,10,13H,7,9H2,(H,18,19)(H,21,22,23)/t13-/m0/s1. The average Bonchev–Trinajstić information content (AvgIpc) is 3.09. The van der Waals surface area contributed by atoms with Gasteiger partial charge in [-0.25, -0.2) is 4.98 Å². The number of anilines is 2. The Labute approximate surface area is 143 Å². The van der Waals surface area contributed by atoms with Crippen LogP contribution in [0.2, 0.25) is 0 Å². The molecule has 3 aromatic rings. The van der Waals surface area contributed by atoms with E-state index in [0.717, 1.165) is 18.8 Å². The Morgan fingerprint density at radius 1 is 1.25 bits per heavy atom. The van der Waals surface area contributed by atoms with E-state index in [1.807, 2.05) is 6.07 Å². The molecule has 1 amide bonds. The molecule has 24 heavy (non-hydrogen) atoms. The van der Waals surface area contributed by atoms with Crippen LogP contribution < -0.4 is 10.6 Å². The maximum absolute atomic E-state index is 12.0. The molecule has 1 aliphatic rings. The topological polar surface area (TPSA) is 79.8 Å². The lowest BCUT2D eigenvalue weighted by molar-refractivity contribution is 0.102. The second-order valence-electron chi connectivity index (χ2n) is 5.61. The van der Waals surface area contributed by atoms with Crippen LogP contribution >= 0.6 is 11.3 Å². The Balaban J connectivity index is 1.34. The summed E-state index contributed by atoms with van der Waals surface area (Å²) in [6.07, 6.45) is 2.67. The van der Waals surface area contributed by atoms with Crippen LogP contribution in [0.25, 0.3) is 0 Å². The van der Waals surface area contributed by atoms with Gasteiger partial charge in [0.2, 0.25) is 5.13 Å². The number of nitrogens with one attached hydrogen (secondary N) is 2. The third-order valence-electron chi connectivity index (χ3n) is 4.10. The van der Waals surface area contributed by atoms with Crippen LogP contribution in [0.1, 0.15) is 27.4 Å². The third kappa shape index (κ3) is 2.98. The SMILES string of the molecule is O=C(Nc1nncs1)c1ccc(NC[C@@H]2Cc3ccccc32)nc1. The molecule has 1 aliphatic carbocycles. The van der Waals surface area contributed by atoms with Gasteiger partial charge in [-0.1, -0.05) is 35.6 Å². The largest absolute Gasteiger partial charge is 0.369 e. The minimum Gasteiger partial charge on any atom is -0.369 e. The molecule has 0 fully saturated rings. The van der Waals surface area contributed by atoms with E-state index in [1.165, 1.54) is 22.5 Å². The van der Waals surface area contributed by atoms with Gasteiger partial charge in [0.05, 0.1) is 5.56 Å². The Kier molecular flexibility index (Phi) is 3.92. The molecule has 7 heteroatoms. The van der Waals surface area contributed by atoms with Gasteiger partial charge >= 0.3 is 0 Å². The summed E-state index contributed by atoms with van der Waals surface area (Å²) in [6.45, 7) is 0.848. The summed E-state index contributed by atoms with van der Waals surface area (Å²) in [7, 11) is 0. The number of amides is 1. The molecule has 0 bridgehead atoms. The summed E-state index contributed by atoms with van der Waals surface area (Å²) in [4.78, 5) is 16.4. The number of benzene rings is 1. The second kappa shape index (κ2) is 6.37. The number of aromatic nitrogens is 3. The second-order valence-corrected chi connectivity index (χ2v) is 6.44. The van der Waals surface area contributed by atoms with Crippen molar-refractivity contribution in [1.82, 2.24) is 15.2 Å². The quantitative estimate of drug-likeness (QED) is 0.748. The highest BCUT2D eigenvalue weighted by molar-refractivity contribution is 7.13. The molecule has 1 atom stereocenters. The summed E-state index contributed by atoms with van der Waals surface area (Å²) in [5, 5.41) is 14.0. The summed E-state index contributed by atoms with van der Waals surface area (Å²) in [5.74, 6) is 1.06. The molecule has 2 aromatic heterocycles. The highest BCUT2D eigenvalue weighted by Crippen LogP contribution is 2.34. The number of carbonyl (C=O) groups excluding carboxylic acids is 1. The predicted octanol–water partition coefficient (Wildman–Crippen LogP) is 2.94. The first-order chi connectivity index (χ1) is 11.8. The summed E-state index contributed by atoms with van der Waals surface area (Å²) in [6, 6.07) is 12.1. The van der Waals surface area contributed by atoms with Crippen LogP contribution in [0.5, 0.6) is 0 Å². The van der Waals surface area contributed by atoms with Crippen molar-refractivity contribution in [2.75, 3.05) is 17.2 Å². The van der Waals surface area contributed by atoms with Crippen LogP contribution in [0.15, 0.2) is 48.1 Å². The van der Waals surface area contributed by atoms with Gasteiger partial charge in [-0.3, -0.25) is 10.1 Å². The van der Waals surface area contributed by atoms with Gasteiger partial charge in [0, 0.05) is 18.7 Å². The van der Waals surface area contributed by atoms with E-state index in [1.54, 1.807) is 17.8 Å². The Bertz CT molecular complexity index is 848. The molecule has 0 saturated carbocycles. The minimum absolute atomic E-state index is 0.237. The summed E-state index contributed by atoms with van der Waals surface area (Å²) in [5.41, 5.74) is 4.91. The van der Waals surface area contributed by atoms with Crippen LogP contribution in [-0.4, -0.2) is 27.6 Å². The molecular formula is C17H15N5OS. The normalized spacial score (nSPS) is 15.2. The zero-order chi connectivity index (χ0) is 16.4. The van der Waals surface area contributed by atoms with E-state index in [2.05, 4.69) is 50.1 Å². The highest BCUT2D eigenvalue weighted by Gasteiger charge is 2.24. The van der Waals surface area contributed by atoms with Gasteiger partial charge in [0.15, 0.2) is 0 Å². The van der Waals surface area contributed by atoms with Crippen molar-refractivity contribution in [2.45, 2.75) is 12.3 Å². The lowest BCUT2D eigenvalue weighted by atomic mass is 9.77. The van der Waals surface area contributed by atoms with E-state index in [0.29, 0.717) is 16.6 Å². The number of rotatable bonds is 5. The average molecular weight is 337 g/mol. The first kappa shape index (κ1) is 14.8. The predicted molar refractivity (Wildman–Crippen MR) is 93.5 cm³/mol. The lowest BCUT2D eigenvalue weighted by Gasteiger charge is -2.30. The molecule has 0 aliphatic heterocycles. The van der Waals surface area contributed by atoms with Gasteiger partial charge in [-0.15, -0.1) is 10.2 Å². The monoisotopic (exact) mass is 337 g/mol.